The van der Waals surface area contributed by atoms with Crippen molar-refractivity contribution in [3.8, 4) is 11.1 Å². The topological polar surface area (TPSA) is 3.24 Å². The number of anilines is 3. The highest BCUT2D eigenvalue weighted by atomic mass is 32.1. The summed E-state index contributed by atoms with van der Waals surface area (Å²) in [6, 6.07) is 74.1. The standard InChI is InChI=1S/C54H39NS/c1-36-34-49-52(53-51(36)47-21-11-13-23-50(47)56-53)46-20-10-12-22-48(46)54(49,41-18-6-3-7-19-41)42-27-32-44(33-28-42)55(45-31-26-38-16-8-9-17-40(38)35-45)43-29-24-39(25-30-43)37-14-4-2-5-15-37/h2-33,35-36H,34H2,1H3. The molecule has 0 aliphatic heterocycles. The van der Waals surface area contributed by atoms with E-state index in [9.17, 15) is 0 Å². The lowest BCUT2D eigenvalue weighted by Crippen LogP contribution is -2.31. The fourth-order valence-electron chi connectivity index (χ4n) is 9.78. The van der Waals surface area contributed by atoms with E-state index in [1.165, 1.54) is 75.8 Å². The molecule has 2 unspecified atom stereocenters. The van der Waals surface area contributed by atoms with Crippen LogP contribution < -0.4 is 4.90 Å². The SMILES string of the molecule is CC1CC2=C(c3ccccc3C2(c2ccccc2)c2ccc(N(c3ccc(-c4ccccc4)cc3)c3ccc4ccccc4c3)cc2)c2sc3ccccc3c21. The van der Waals surface area contributed by atoms with Gasteiger partial charge in [0.15, 0.2) is 0 Å². The molecule has 1 aromatic heterocycles. The summed E-state index contributed by atoms with van der Waals surface area (Å²) in [6.07, 6.45) is 1.01. The Morgan fingerprint density at radius 1 is 0.518 bits per heavy atom. The van der Waals surface area contributed by atoms with E-state index in [-0.39, 0.29) is 0 Å². The normalized spacial score (nSPS) is 17.1. The number of hydrogen-bond donors (Lipinski definition) is 0. The lowest BCUT2D eigenvalue weighted by atomic mass is 9.64. The van der Waals surface area contributed by atoms with Crippen LogP contribution in [-0.4, -0.2) is 0 Å². The van der Waals surface area contributed by atoms with E-state index >= 15 is 0 Å². The van der Waals surface area contributed by atoms with Gasteiger partial charge in [0.1, 0.15) is 0 Å². The summed E-state index contributed by atoms with van der Waals surface area (Å²) < 4.78 is 1.38. The lowest BCUT2D eigenvalue weighted by Gasteiger charge is -2.38. The van der Waals surface area contributed by atoms with E-state index in [1.54, 1.807) is 0 Å². The molecule has 2 heteroatoms. The Hall–Kier alpha value is -6.48. The fraction of sp³-hybridized carbons (Fsp3) is 0.0741. The first-order valence-electron chi connectivity index (χ1n) is 19.6. The second-order valence-corrected chi connectivity index (χ2v) is 16.3. The molecule has 0 radical (unpaired) electrons. The first kappa shape index (κ1) is 32.9. The number of nitrogens with zero attached hydrogens (tertiary/aromatic N) is 1. The van der Waals surface area contributed by atoms with E-state index in [1.807, 2.05) is 11.3 Å². The maximum atomic E-state index is 2.44. The number of benzene rings is 8. The summed E-state index contributed by atoms with van der Waals surface area (Å²) in [5.74, 6) is 0.402. The second kappa shape index (κ2) is 13.1. The van der Waals surface area contributed by atoms with Crippen LogP contribution in [0.3, 0.4) is 0 Å². The lowest BCUT2D eigenvalue weighted by molar-refractivity contribution is 0.642. The first-order chi connectivity index (χ1) is 27.7. The zero-order chi connectivity index (χ0) is 37.2. The molecule has 1 nitrogen and oxygen atoms in total. The molecule has 0 saturated carbocycles. The molecular weight excluding hydrogens is 695 g/mol. The molecule has 0 amide bonds. The molecule has 0 bridgehead atoms. The predicted molar refractivity (Wildman–Crippen MR) is 238 cm³/mol. The molecule has 266 valence electrons. The van der Waals surface area contributed by atoms with E-state index in [0.717, 1.165) is 23.5 Å². The highest BCUT2D eigenvalue weighted by Crippen LogP contribution is 2.62. The van der Waals surface area contributed by atoms with Crippen molar-refractivity contribution in [3.05, 3.63) is 238 Å². The van der Waals surface area contributed by atoms with Gasteiger partial charge in [-0.25, -0.2) is 0 Å². The van der Waals surface area contributed by atoms with Crippen LogP contribution in [-0.2, 0) is 5.41 Å². The van der Waals surface area contributed by atoms with E-state index in [2.05, 4.69) is 212 Å². The molecule has 0 spiro atoms. The fourth-order valence-corrected chi connectivity index (χ4v) is 11.2. The van der Waals surface area contributed by atoms with Crippen molar-refractivity contribution in [2.75, 3.05) is 4.90 Å². The molecule has 2 aliphatic rings. The van der Waals surface area contributed by atoms with Gasteiger partial charge in [-0.1, -0.05) is 165 Å². The minimum absolute atomic E-state index is 0.402. The Bertz CT molecular complexity index is 2940. The molecule has 0 N–H and O–H groups in total. The average molecular weight is 734 g/mol. The van der Waals surface area contributed by atoms with Crippen LogP contribution >= 0.6 is 11.3 Å². The van der Waals surface area contributed by atoms with Gasteiger partial charge < -0.3 is 4.90 Å². The van der Waals surface area contributed by atoms with Gasteiger partial charge in [0.25, 0.3) is 0 Å². The van der Waals surface area contributed by atoms with Crippen molar-refractivity contribution < 1.29 is 0 Å². The van der Waals surface area contributed by atoms with Gasteiger partial charge in [0.2, 0.25) is 0 Å². The quantitative estimate of drug-likeness (QED) is 0.164. The van der Waals surface area contributed by atoms with E-state index < -0.39 is 5.41 Å². The van der Waals surface area contributed by atoms with Gasteiger partial charge in [-0.2, -0.15) is 0 Å². The number of allylic oxidation sites excluding steroid dienone is 1. The predicted octanol–water partition coefficient (Wildman–Crippen LogP) is 14.8. The van der Waals surface area contributed by atoms with E-state index in [4.69, 9.17) is 0 Å². The third-order valence-electron chi connectivity index (χ3n) is 12.2. The summed E-state index contributed by atoms with van der Waals surface area (Å²) in [7, 11) is 0. The Morgan fingerprint density at radius 2 is 1.11 bits per heavy atom. The first-order valence-corrected chi connectivity index (χ1v) is 20.5. The summed E-state index contributed by atoms with van der Waals surface area (Å²) in [5, 5.41) is 3.88. The van der Waals surface area contributed by atoms with Gasteiger partial charge in [-0.3, -0.25) is 0 Å². The zero-order valence-corrected chi connectivity index (χ0v) is 32.0. The van der Waals surface area contributed by atoms with Gasteiger partial charge >= 0.3 is 0 Å². The van der Waals surface area contributed by atoms with Crippen LogP contribution in [0, 0.1) is 0 Å². The molecule has 1 heterocycles. The van der Waals surface area contributed by atoms with Gasteiger partial charge in [0, 0.05) is 32.2 Å². The van der Waals surface area contributed by atoms with Crippen molar-refractivity contribution in [2.45, 2.75) is 24.7 Å². The molecule has 2 aliphatic carbocycles. The van der Waals surface area contributed by atoms with Crippen LogP contribution in [0.25, 0.3) is 37.6 Å². The van der Waals surface area contributed by atoms with Crippen LogP contribution in [0.4, 0.5) is 17.1 Å². The summed E-state index contributed by atoms with van der Waals surface area (Å²) >= 11 is 1.97. The molecular formula is C54H39NS. The highest BCUT2D eigenvalue weighted by molar-refractivity contribution is 7.20. The largest absolute Gasteiger partial charge is 0.310 e. The minimum Gasteiger partial charge on any atom is -0.310 e. The van der Waals surface area contributed by atoms with Crippen molar-refractivity contribution in [1.29, 1.82) is 0 Å². The maximum Gasteiger partial charge on any atom is 0.0677 e. The summed E-state index contributed by atoms with van der Waals surface area (Å²) in [5.41, 5.74) is 15.3. The van der Waals surface area contributed by atoms with Crippen LogP contribution in [0.15, 0.2) is 206 Å². The summed E-state index contributed by atoms with van der Waals surface area (Å²) in [6.45, 7) is 2.44. The third-order valence-corrected chi connectivity index (χ3v) is 13.4. The molecule has 8 aromatic carbocycles. The molecule has 0 fully saturated rings. The number of thiophene rings is 1. The molecule has 11 rings (SSSR count). The Morgan fingerprint density at radius 3 is 1.89 bits per heavy atom. The maximum absolute atomic E-state index is 2.44. The Labute approximate surface area is 332 Å². The third kappa shape index (κ3) is 4.99. The Kier molecular flexibility index (Phi) is 7.69. The summed E-state index contributed by atoms with van der Waals surface area (Å²) in [4.78, 5) is 3.85. The van der Waals surface area contributed by atoms with Gasteiger partial charge in [0.05, 0.1) is 5.41 Å². The number of hydrogen-bond acceptors (Lipinski definition) is 2. The highest BCUT2D eigenvalue weighted by Gasteiger charge is 2.50. The monoisotopic (exact) mass is 733 g/mol. The molecule has 2 atom stereocenters. The second-order valence-electron chi connectivity index (χ2n) is 15.3. The number of fused-ring (bicyclic) bond motifs is 7. The van der Waals surface area contributed by atoms with Crippen molar-refractivity contribution in [3.63, 3.8) is 0 Å². The van der Waals surface area contributed by atoms with Gasteiger partial charge in [-0.05, 0) is 115 Å². The van der Waals surface area contributed by atoms with Crippen LogP contribution in [0.2, 0.25) is 0 Å². The van der Waals surface area contributed by atoms with E-state index in [0.29, 0.717) is 5.92 Å². The van der Waals surface area contributed by atoms with Crippen molar-refractivity contribution >= 4 is 54.8 Å². The minimum atomic E-state index is -0.418. The average Bonchev–Trinajstić information content (AvgIpc) is 3.80. The Balaban J connectivity index is 1.11. The van der Waals surface area contributed by atoms with Gasteiger partial charge in [-0.15, -0.1) is 11.3 Å². The number of rotatable bonds is 6. The molecule has 0 saturated heterocycles. The van der Waals surface area contributed by atoms with Crippen molar-refractivity contribution in [1.82, 2.24) is 0 Å². The van der Waals surface area contributed by atoms with Crippen LogP contribution in [0.1, 0.15) is 52.0 Å². The zero-order valence-electron chi connectivity index (χ0n) is 31.2. The molecule has 9 aromatic rings. The smallest absolute Gasteiger partial charge is 0.0677 e. The van der Waals surface area contributed by atoms with Crippen LogP contribution in [0.5, 0.6) is 0 Å². The molecule has 56 heavy (non-hydrogen) atoms. The van der Waals surface area contributed by atoms with Crippen molar-refractivity contribution in [2.24, 2.45) is 0 Å².